The van der Waals surface area contributed by atoms with Crippen molar-refractivity contribution in [2.75, 3.05) is 6.54 Å². The highest BCUT2D eigenvalue weighted by atomic mass is 16.3. The highest BCUT2D eigenvalue weighted by Crippen LogP contribution is 2.14. The van der Waals surface area contributed by atoms with Crippen LogP contribution in [0.4, 0.5) is 4.79 Å². The van der Waals surface area contributed by atoms with Gasteiger partial charge in [-0.3, -0.25) is 4.68 Å². The number of nitrogens with zero attached hydrogens (tertiary/aromatic N) is 3. The molecule has 2 unspecified atom stereocenters. The van der Waals surface area contributed by atoms with Crippen LogP contribution < -0.4 is 5.32 Å². The molecular weight excluding hydrogens is 280 g/mol. The maximum Gasteiger partial charge on any atom is 0.317 e. The lowest BCUT2D eigenvalue weighted by Gasteiger charge is -2.29. The van der Waals surface area contributed by atoms with Crippen molar-refractivity contribution < 1.29 is 9.90 Å². The normalized spacial score (nSPS) is 14.0. The fraction of sp³-hybridized carbons (Fsp3) is 0.750. The topological polar surface area (TPSA) is 70.4 Å². The average molecular weight is 310 g/mol. The zero-order valence-electron chi connectivity index (χ0n) is 14.8. The summed E-state index contributed by atoms with van der Waals surface area (Å²) in [5.74, 6) is 0. The van der Waals surface area contributed by atoms with Crippen molar-refractivity contribution in [3.05, 3.63) is 17.0 Å². The Hall–Kier alpha value is -1.56. The monoisotopic (exact) mass is 310 g/mol. The number of aromatic nitrogens is 2. The van der Waals surface area contributed by atoms with E-state index in [0.717, 1.165) is 17.8 Å². The summed E-state index contributed by atoms with van der Waals surface area (Å²) in [7, 11) is 1.93. The van der Waals surface area contributed by atoms with Crippen LogP contribution in [0.25, 0.3) is 0 Å². The molecule has 0 aliphatic rings. The lowest BCUT2D eigenvalue weighted by atomic mass is 10.1. The van der Waals surface area contributed by atoms with Crippen molar-refractivity contribution in [2.24, 2.45) is 7.05 Å². The van der Waals surface area contributed by atoms with Crippen LogP contribution in [0.5, 0.6) is 0 Å². The van der Waals surface area contributed by atoms with E-state index in [9.17, 15) is 9.90 Å². The maximum absolute atomic E-state index is 12.4. The molecule has 126 valence electrons. The highest BCUT2D eigenvalue weighted by Gasteiger charge is 2.21. The van der Waals surface area contributed by atoms with Gasteiger partial charge in [-0.25, -0.2) is 4.79 Å². The SMILES string of the molecule is Cc1nn(C)c(C)c1CC(C)NC(=O)N(CC(C)O)C(C)C. The lowest BCUT2D eigenvalue weighted by molar-refractivity contribution is 0.117. The van der Waals surface area contributed by atoms with E-state index in [1.807, 2.05) is 46.3 Å². The molecular formula is C16H30N4O2. The van der Waals surface area contributed by atoms with Gasteiger partial charge in [-0.2, -0.15) is 5.10 Å². The number of hydrogen-bond donors (Lipinski definition) is 2. The molecule has 0 aliphatic carbocycles. The Morgan fingerprint density at radius 1 is 1.32 bits per heavy atom. The average Bonchev–Trinajstić information content (AvgIpc) is 2.62. The molecule has 2 atom stereocenters. The molecule has 6 nitrogen and oxygen atoms in total. The van der Waals surface area contributed by atoms with Crippen molar-refractivity contribution in [2.45, 2.75) is 66.2 Å². The summed E-state index contributed by atoms with van der Waals surface area (Å²) < 4.78 is 1.87. The van der Waals surface area contributed by atoms with Crippen molar-refractivity contribution in [3.8, 4) is 0 Å². The number of amides is 2. The first kappa shape index (κ1) is 18.5. The van der Waals surface area contributed by atoms with E-state index in [4.69, 9.17) is 0 Å². The number of hydrogen-bond acceptors (Lipinski definition) is 3. The highest BCUT2D eigenvalue weighted by molar-refractivity contribution is 5.74. The summed E-state index contributed by atoms with van der Waals surface area (Å²) in [5, 5.41) is 17.0. The number of rotatable bonds is 6. The fourth-order valence-electron chi connectivity index (χ4n) is 2.58. The van der Waals surface area contributed by atoms with Crippen LogP contribution in [-0.2, 0) is 13.5 Å². The predicted molar refractivity (Wildman–Crippen MR) is 87.9 cm³/mol. The van der Waals surface area contributed by atoms with Gasteiger partial charge >= 0.3 is 6.03 Å². The van der Waals surface area contributed by atoms with Gasteiger partial charge in [0, 0.05) is 31.4 Å². The first-order valence-electron chi connectivity index (χ1n) is 7.87. The van der Waals surface area contributed by atoms with E-state index in [1.165, 1.54) is 5.56 Å². The van der Waals surface area contributed by atoms with Gasteiger partial charge in [-0.15, -0.1) is 0 Å². The molecule has 1 rings (SSSR count). The van der Waals surface area contributed by atoms with Gasteiger partial charge < -0.3 is 15.3 Å². The molecule has 0 fully saturated rings. The first-order chi connectivity index (χ1) is 10.1. The molecule has 0 saturated heterocycles. The molecule has 0 spiro atoms. The third-order valence-corrected chi connectivity index (χ3v) is 3.88. The van der Waals surface area contributed by atoms with Gasteiger partial charge in [-0.1, -0.05) is 0 Å². The lowest BCUT2D eigenvalue weighted by Crippen LogP contribution is -2.49. The van der Waals surface area contributed by atoms with Crippen molar-refractivity contribution >= 4 is 6.03 Å². The molecule has 1 aromatic rings. The van der Waals surface area contributed by atoms with Gasteiger partial charge in [0.2, 0.25) is 0 Å². The van der Waals surface area contributed by atoms with Crippen LogP contribution in [0.1, 0.15) is 44.6 Å². The van der Waals surface area contributed by atoms with Crippen LogP contribution in [0, 0.1) is 13.8 Å². The maximum atomic E-state index is 12.4. The van der Waals surface area contributed by atoms with Crippen LogP contribution in [-0.4, -0.2) is 50.6 Å². The molecule has 0 aromatic carbocycles. The molecule has 6 heteroatoms. The first-order valence-corrected chi connectivity index (χ1v) is 7.87. The van der Waals surface area contributed by atoms with E-state index in [1.54, 1.807) is 11.8 Å². The second-order valence-corrected chi connectivity index (χ2v) is 6.42. The molecule has 1 heterocycles. The van der Waals surface area contributed by atoms with E-state index in [-0.39, 0.29) is 18.1 Å². The van der Waals surface area contributed by atoms with Crippen molar-refractivity contribution in [1.82, 2.24) is 20.0 Å². The van der Waals surface area contributed by atoms with E-state index in [0.29, 0.717) is 6.54 Å². The van der Waals surface area contributed by atoms with E-state index < -0.39 is 6.10 Å². The Labute approximate surface area is 133 Å². The largest absolute Gasteiger partial charge is 0.392 e. The number of nitrogens with one attached hydrogen (secondary N) is 1. The fourth-order valence-corrected chi connectivity index (χ4v) is 2.58. The standard InChI is InChI=1S/C16H30N4O2/c1-10(2)20(9-12(4)21)16(22)17-11(3)8-15-13(5)18-19(7)14(15)6/h10-12,21H,8-9H2,1-7H3,(H,17,22). The van der Waals surface area contributed by atoms with Gasteiger partial charge in [0.05, 0.1) is 11.8 Å². The Bertz CT molecular complexity index is 508. The van der Waals surface area contributed by atoms with E-state index >= 15 is 0 Å². The number of urea groups is 1. The smallest absolute Gasteiger partial charge is 0.317 e. The Morgan fingerprint density at radius 2 is 1.91 bits per heavy atom. The number of carbonyl (C=O) groups excluding carboxylic acids is 1. The quantitative estimate of drug-likeness (QED) is 0.841. The molecule has 1 aromatic heterocycles. The zero-order chi connectivity index (χ0) is 17.0. The summed E-state index contributed by atoms with van der Waals surface area (Å²) in [6, 6.07) is -0.0874. The van der Waals surface area contributed by atoms with Crippen LogP contribution >= 0.6 is 0 Å². The Morgan fingerprint density at radius 3 is 2.32 bits per heavy atom. The van der Waals surface area contributed by atoms with Gasteiger partial charge in [0.1, 0.15) is 0 Å². The second-order valence-electron chi connectivity index (χ2n) is 6.42. The summed E-state index contributed by atoms with van der Waals surface area (Å²) in [6.07, 6.45) is 0.212. The summed E-state index contributed by atoms with van der Waals surface area (Å²) in [6.45, 7) is 11.9. The third kappa shape index (κ3) is 4.73. The number of aliphatic hydroxyl groups is 1. The summed E-state index contributed by atoms with van der Waals surface area (Å²) >= 11 is 0. The van der Waals surface area contributed by atoms with Gasteiger partial charge in [-0.05, 0) is 53.5 Å². The van der Waals surface area contributed by atoms with Crippen LogP contribution in [0.3, 0.4) is 0 Å². The van der Waals surface area contributed by atoms with Crippen LogP contribution in [0.2, 0.25) is 0 Å². The number of aryl methyl sites for hydroxylation is 2. The Balaban J connectivity index is 2.70. The molecule has 0 saturated carbocycles. The minimum absolute atomic E-state index is 0.00403. The number of aliphatic hydroxyl groups excluding tert-OH is 1. The summed E-state index contributed by atoms with van der Waals surface area (Å²) in [4.78, 5) is 14.0. The molecule has 2 amide bonds. The Kier molecular flexibility index (Phi) is 6.41. The second kappa shape index (κ2) is 7.63. The third-order valence-electron chi connectivity index (χ3n) is 3.88. The van der Waals surface area contributed by atoms with E-state index in [2.05, 4.69) is 10.4 Å². The van der Waals surface area contributed by atoms with Gasteiger partial charge in [0.25, 0.3) is 0 Å². The van der Waals surface area contributed by atoms with Crippen LogP contribution in [0.15, 0.2) is 0 Å². The van der Waals surface area contributed by atoms with Gasteiger partial charge in [0.15, 0.2) is 0 Å². The molecule has 22 heavy (non-hydrogen) atoms. The minimum atomic E-state index is -0.536. The molecule has 0 bridgehead atoms. The number of carbonyl (C=O) groups is 1. The predicted octanol–water partition coefficient (Wildman–Crippen LogP) is 1.77. The zero-order valence-corrected chi connectivity index (χ0v) is 14.8. The minimum Gasteiger partial charge on any atom is -0.392 e. The van der Waals surface area contributed by atoms with Crippen molar-refractivity contribution in [1.29, 1.82) is 0 Å². The summed E-state index contributed by atoms with van der Waals surface area (Å²) in [5.41, 5.74) is 3.32. The molecule has 0 aliphatic heterocycles. The molecule has 2 N–H and O–H groups in total. The molecule has 0 radical (unpaired) electrons. The van der Waals surface area contributed by atoms with Crippen molar-refractivity contribution in [3.63, 3.8) is 0 Å².